The molecule has 0 radical (unpaired) electrons. The van der Waals surface area contributed by atoms with Crippen molar-refractivity contribution in [2.75, 3.05) is 0 Å². The molecule has 0 unspecified atom stereocenters. The molecule has 0 aromatic heterocycles. The number of hydrogen-bond donors (Lipinski definition) is 0. The summed E-state index contributed by atoms with van der Waals surface area (Å²) in [7, 11) is 0. The maximum Gasteiger partial charge on any atom is 4.00 e. The first kappa shape index (κ1) is 160. The van der Waals surface area contributed by atoms with Crippen molar-refractivity contribution in [2.24, 2.45) is 0 Å². The molecular formula is FeMgO4Ti. The Hall–Kier alpha value is 1.84. The van der Waals surface area contributed by atoms with E-state index < -0.39 is 0 Å². The Morgan fingerprint density at radius 1 is 0.571 bits per heavy atom. The smallest absolute Gasteiger partial charge is 2.00 e. The second-order valence-corrected chi connectivity index (χ2v) is 0. The Labute approximate surface area is 83.2 Å². The summed E-state index contributed by atoms with van der Waals surface area (Å²) in [5.41, 5.74) is 0. The predicted molar refractivity (Wildman–Crippen MR) is 8.50 cm³/mol. The van der Waals surface area contributed by atoms with E-state index in [1.54, 1.807) is 0 Å². The molecule has 0 saturated heterocycles. The van der Waals surface area contributed by atoms with Crippen LogP contribution in [0.15, 0.2) is 0 Å². The largest absolute Gasteiger partial charge is 4.00 e. The van der Waals surface area contributed by atoms with Crippen LogP contribution in [-0.4, -0.2) is 23.1 Å². The Balaban J connectivity index is 0. The average molecular weight is 192 g/mol. The Bertz CT molecular complexity index is 11.7. The van der Waals surface area contributed by atoms with Crippen LogP contribution in [0.2, 0.25) is 0 Å². The van der Waals surface area contributed by atoms with Crippen LogP contribution in [0.5, 0.6) is 0 Å². The van der Waals surface area contributed by atoms with E-state index in [2.05, 4.69) is 0 Å². The van der Waals surface area contributed by atoms with E-state index in [1.165, 1.54) is 0 Å². The van der Waals surface area contributed by atoms with Crippen molar-refractivity contribution in [3.05, 3.63) is 0 Å². The fourth-order valence-electron chi connectivity index (χ4n) is 0. The molecule has 38 valence electrons. The van der Waals surface area contributed by atoms with Gasteiger partial charge in [-0.2, -0.15) is 0 Å². The molecule has 7 heavy (non-hydrogen) atoms. The van der Waals surface area contributed by atoms with Crippen LogP contribution < -0.4 is 0 Å². The minimum absolute atomic E-state index is 0. The summed E-state index contributed by atoms with van der Waals surface area (Å²) in [5.74, 6) is 0. The van der Waals surface area contributed by atoms with Gasteiger partial charge < -0.3 is 21.9 Å². The van der Waals surface area contributed by atoms with Crippen molar-refractivity contribution in [1.29, 1.82) is 0 Å². The monoisotopic (exact) mass is 192 g/mol. The van der Waals surface area contributed by atoms with E-state index in [-0.39, 0.29) is 83.7 Å². The molecule has 0 aromatic carbocycles. The van der Waals surface area contributed by atoms with Crippen LogP contribution >= 0.6 is 0 Å². The van der Waals surface area contributed by atoms with Gasteiger partial charge in [0.25, 0.3) is 0 Å². The molecule has 4 nitrogen and oxygen atoms in total. The molecule has 7 heteroatoms. The Kier molecular flexibility index (Phi) is 2480. The van der Waals surface area contributed by atoms with Gasteiger partial charge in [-0.1, -0.05) is 0 Å². The summed E-state index contributed by atoms with van der Waals surface area (Å²) in [4.78, 5) is 0. The SMILES string of the molecule is [Fe+2].[Mg+2].[O-2].[O-2].[O-2].[O-2].[Ti+4]. The van der Waals surface area contributed by atoms with E-state index in [1.807, 2.05) is 0 Å². The number of hydrogen-bond acceptors (Lipinski definition) is 0. The molecule has 0 aliphatic heterocycles. The molecule has 0 aliphatic rings. The first-order valence-electron chi connectivity index (χ1n) is 0. The zero-order valence-electron chi connectivity index (χ0n) is 3.19. The first-order valence-corrected chi connectivity index (χ1v) is 0. The zero-order chi connectivity index (χ0) is 0. The van der Waals surface area contributed by atoms with Crippen LogP contribution in [0.4, 0.5) is 0 Å². The molecule has 0 N–H and O–H groups in total. The molecular weight excluding hydrogens is 192 g/mol. The standard InChI is InChI=1S/Fe.Mg.4O.Ti/q2*+2;4*-2;+4. The molecule has 0 saturated carbocycles. The third-order valence-corrected chi connectivity index (χ3v) is 0. The maximum atomic E-state index is 0. The van der Waals surface area contributed by atoms with Crippen LogP contribution in [0.25, 0.3) is 0 Å². The normalized spacial score (nSPS) is 0. The Morgan fingerprint density at radius 2 is 0.571 bits per heavy atom. The van der Waals surface area contributed by atoms with Crippen LogP contribution in [0, 0.1) is 0 Å². The van der Waals surface area contributed by atoms with Gasteiger partial charge in [0.15, 0.2) is 0 Å². The summed E-state index contributed by atoms with van der Waals surface area (Å²) in [6, 6.07) is 0. The second-order valence-electron chi connectivity index (χ2n) is 0. The predicted octanol–water partition coefficient (Wildman–Crippen LogP) is -0.861. The average Bonchev–Trinajstić information content (AvgIpc) is 0. The summed E-state index contributed by atoms with van der Waals surface area (Å²) in [6.45, 7) is 0. The minimum Gasteiger partial charge on any atom is -2.00 e. The van der Waals surface area contributed by atoms with Crippen molar-refractivity contribution < 1.29 is 60.7 Å². The summed E-state index contributed by atoms with van der Waals surface area (Å²) in [6.07, 6.45) is 0. The minimum atomic E-state index is 0. The van der Waals surface area contributed by atoms with E-state index in [4.69, 9.17) is 0 Å². The molecule has 0 amide bonds. The van der Waals surface area contributed by atoms with Gasteiger partial charge in [-0.25, -0.2) is 0 Å². The topological polar surface area (TPSA) is 114 Å². The van der Waals surface area contributed by atoms with Gasteiger partial charge in [0.05, 0.1) is 0 Å². The van der Waals surface area contributed by atoms with Gasteiger partial charge >= 0.3 is 61.8 Å². The first-order chi connectivity index (χ1) is 0. The van der Waals surface area contributed by atoms with Crippen molar-refractivity contribution in [3.63, 3.8) is 0 Å². The summed E-state index contributed by atoms with van der Waals surface area (Å²) < 4.78 is 0. The molecule has 0 aliphatic carbocycles. The van der Waals surface area contributed by atoms with Gasteiger partial charge in [0, 0.05) is 0 Å². The fraction of sp³-hybridized carbons (Fsp3) is 0. The van der Waals surface area contributed by atoms with Gasteiger partial charge in [0.2, 0.25) is 0 Å². The van der Waals surface area contributed by atoms with Crippen LogP contribution in [0.1, 0.15) is 0 Å². The van der Waals surface area contributed by atoms with E-state index >= 15 is 0 Å². The van der Waals surface area contributed by atoms with Gasteiger partial charge in [-0.15, -0.1) is 0 Å². The Morgan fingerprint density at radius 3 is 0.571 bits per heavy atom. The van der Waals surface area contributed by atoms with Gasteiger partial charge in [-0.05, 0) is 0 Å². The molecule has 0 rings (SSSR count). The molecule has 0 fully saturated rings. The number of rotatable bonds is 0. The van der Waals surface area contributed by atoms with E-state index in [9.17, 15) is 0 Å². The van der Waals surface area contributed by atoms with E-state index in [0.29, 0.717) is 0 Å². The zero-order valence-corrected chi connectivity index (χ0v) is 7.27. The van der Waals surface area contributed by atoms with Gasteiger partial charge in [-0.3, -0.25) is 0 Å². The third-order valence-electron chi connectivity index (χ3n) is 0. The quantitative estimate of drug-likeness (QED) is 0.444. The molecule has 0 heterocycles. The van der Waals surface area contributed by atoms with Crippen LogP contribution in [0.3, 0.4) is 0 Å². The summed E-state index contributed by atoms with van der Waals surface area (Å²) >= 11 is 0. The molecule has 0 atom stereocenters. The second kappa shape index (κ2) is 108. The van der Waals surface area contributed by atoms with E-state index in [0.717, 1.165) is 0 Å². The van der Waals surface area contributed by atoms with Crippen molar-refractivity contribution in [3.8, 4) is 0 Å². The van der Waals surface area contributed by atoms with Crippen molar-refractivity contribution in [2.45, 2.75) is 0 Å². The fourth-order valence-corrected chi connectivity index (χ4v) is 0. The van der Waals surface area contributed by atoms with Crippen LogP contribution in [-0.2, 0) is 60.7 Å². The van der Waals surface area contributed by atoms with Crippen molar-refractivity contribution >= 4 is 23.1 Å². The van der Waals surface area contributed by atoms with Gasteiger partial charge in [0.1, 0.15) is 0 Å². The van der Waals surface area contributed by atoms with Crippen molar-refractivity contribution in [1.82, 2.24) is 0 Å². The third kappa shape index (κ3) is 79.0. The molecule has 0 aromatic rings. The summed E-state index contributed by atoms with van der Waals surface area (Å²) in [5, 5.41) is 0. The molecule has 0 bridgehead atoms. The molecule has 0 spiro atoms. The maximum absolute atomic E-state index is 0.